The van der Waals surface area contributed by atoms with Gasteiger partial charge in [-0.15, -0.1) is 0 Å². The second kappa shape index (κ2) is 2.98. The summed E-state index contributed by atoms with van der Waals surface area (Å²) in [5.74, 6) is 0.0729. The molecule has 2 nitrogen and oxygen atoms in total. The van der Waals surface area contributed by atoms with E-state index >= 15 is 0 Å². The van der Waals surface area contributed by atoms with Crippen LogP contribution in [-0.4, -0.2) is 5.60 Å². The molecular weight excluding hydrogens is 181 g/mol. The third-order valence-corrected chi connectivity index (χ3v) is 2.37. The smallest absolute Gasteiger partial charge is 0.138 e. The van der Waals surface area contributed by atoms with Crippen LogP contribution in [0, 0.1) is 17.1 Å². The second-order valence-corrected chi connectivity index (χ2v) is 3.80. The Kier molecular flexibility index (Phi) is 1.92. The number of benzene rings is 1. The van der Waals surface area contributed by atoms with Crippen LogP contribution < -0.4 is 4.74 Å². The van der Waals surface area contributed by atoms with Gasteiger partial charge in [0, 0.05) is 0 Å². The summed E-state index contributed by atoms with van der Waals surface area (Å²) in [5, 5.41) is 8.76. The van der Waals surface area contributed by atoms with Crippen molar-refractivity contribution in [1.29, 1.82) is 5.26 Å². The van der Waals surface area contributed by atoms with E-state index < -0.39 is 5.82 Å². The molecule has 0 radical (unpaired) electrons. The summed E-state index contributed by atoms with van der Waals surface area (Å²) in [4.78, 5) is 0. The Morgan fingerprint density at radius 3 is 2.79 bits per heavy atom. The van der Waals surface area contributed by atoms with Gasteiger partial charge in [0.05, 0.1) is 5.56 Å². The van der Waals surface area contributed by atoms with Crippen LogP contribution in [0.4, 0.5) is 4.39 Å². The van der Waals surface area contributed by atoms with Crippen molar-refractivity contribution >= 4 is 0 Å². The molecule has 0 aliphatic heterocycles. The van der Waals surface area contributed by atoms with E-state index in [1.165, 1.54) is 18.2 Å². The van der Waals surface area contributed by atoms with Crippen LogP contribution in [0.2, 0.25) is 0 Å². The molecular formula is C11H10FNO. The predicted octanol–water partition coefficient (Wildman–Crippen LogP) is 2.63. The van der Waals surface area contributed by atoms with Gasteiger partial charge in [-0.05, 0) is 38.0 Å². The maximum absolute atomic E-state index is 12.8. The standard InChI is InChI=1S/C11H10FNO/c1-11(4-5-11)14-10-3-2-9(12)6-8(10)7-13/h2-3,6H,4-5H2,1H3. The van der Waals surface area contributed by atoms with E-state index in [-0.39, 0.29) is 11.2 Å². The number of hydrogen-bond acceptors (Lipinski definition) is 2. The van der Waals surface area contributed by atoms with Crippen LogP contribution in [-0.2, 0) is 0 Å². The van der Waals surface area contributed by atoms with E-state index in [1.54, 1.807) is 0 Å². The highest BCUT2D eigenvalue weighted by Crippen LogP contribution is 2.40. The van der Waals surface area contributed by atoms with Crippen molar-refractivity contribution < 1.29 is 9.13 Å². The van der Waals surface area contributed by atoms with Crippen molar-refractivity contribution in [3.05, 3.63) is 29.6 Å². The Bertz CT molecular complexity index is 404. The molecule has 1 aliphatic rings. The molecule has 1 aliphatic carbocycles. The molecule has 0 unspecified atom stereocenters. The number of hydrogen-bond donors (Lipinski definition) is 0. The summed E-state index contributed by atoms with van der Waals surface area (Å²) in [6.45, 7) is 1.98. The second-order valence-electron chi connectivity index (χ2n) is 3.80. The van der Waals surface area contributed by atoms with Crippen LogP contribution in [0.25, 0.3) is 0 Å². The van der Waals surface area contributed by atoms with Gasteiger partial charge in [-0.3, -0.25) is 0 Å². The fourth-order valence-electron chi connectivity index (χ4n) is 1.22. The monoisotopic (exact) mass is 191 g/mol. The first-order chi connectivity index (χ1) is 6.63. The van der Waals surface area contributed by atoms with Gasteiger partial charge in [-0.1, -0.05) is 0 Å². The van der Waals surface area contributed by atoms with Gasteiger partial charge in [0.1, 0.15) is 23.2 Å². The molecule has 0 aromatic heterocycles. The minimum atomic E-state index is -0.408. The Balaban J connectivity index is 2.29. The lowest BCUT2D eigenvalue weighted by Crippen LogP contribution is -2.12. The van der Waals surface area contributed by atoms with Gasteiger partial charge < -0.3 is 4.74 Å². The van der Waals surface area contributed by atoms with Crippen LogP contribution in [0.3, 0.4) is 0 Å². The summed E-state index contributed by atoms with van der Waals surface area (Å²) < 4.78 is 18.4. The van der Waals surface area contributed by atoms with Gasteiger partial charge in [-0.25, -0.2) is 4.39 Å². The summed E-state index contributed by atoms with van der Waals surface area (Å²) in [7, 11) is 0. The van der Waals surface area contributed by atoms with Crippen molar-refractivity contribution in [1.82, 2.24) is 0 Å². The Morgan fingerprint density at radius 1 is 1.50 bits per heavy atom. The number of nitrogens with zero attached hydrogens (tertiary/aromatic N) is 1. The lowest BCUT2D eigenvalue weighted by molar-refractivity contribution is 0.199. The molecule has 2 rings (SSSR count). The summed E-state index contributed by atoms with van der Waals surface area (Å²) in [6.07, 6.45) is 1.99. The fourth-order valence-corrected chi connectivity index (χ4v) is 1.22. The summed E-state index contributed by atoms with van der Waals surface area (Å²) in [6, 6.07) is 5.94. The van der Waals surface area contributed by atoms with E-state index in [2.05, 4.69) is 0 Å². The predicted molar refractivity (Wildman–Crippen MR) is 49.4 cm³/mol. The average molecular weight is 191 g/mol. The van der Waals surface area contributed by atoms with E-state index in [9.17, 15) is 4.39 Å². The number of ether oxygens (including phenoxy) is 1. The average Bonchev–Trinajstić information content (AvgIpc) is 2.87. The molecule has 0 amide bonds. The van der Waals surface area contributed by atoms with Crippen LogP contribution in [0.1, 0.15) is 25.3 Å². The van der Waals surface area contributed by atoms with Gasteiger partial charge in [0.15, 0.2) is 0 Å². The highest BCUT2D eigenvalue weighted by molar-refractivity contribution is 5.43. The van der Waals surface area contributed by atoms with Gasteiger partial charge in [-0.2, -0.15) is 5.26 Å². The number of rotatable bonds is 2. The molecule has 0 saturated heterocycles. The largest absolute Gasteiger partial charge is 0.486 e. The molecule has 1 aromatic rings. The van der Waals surface area contributed by atoms with E-state index in [0.717, 1.165) is 12.8 Å². The maximum atomic E-state index is 12.8. The zero-order chi connectivity index (χ0) is 10.2. The van der Waals surface area contributed by atoms with Crippen LogP contribution in [0.15, 0.2) is 18.2 Å². The zero-order valence-corrected chi connectivity index (χ0v) is 7.88. The Hall–Kier alpha value is -1.56. The number of halogens is 1. The topological polar surface area (TPSA) is 33.0 Å². The molecule has 72 valence electrons. The van der Waals surface area contributed by atoms with E-state index in [4.69, 9.17) is 10.00 Å². The molecule has 0 heterocycles. The fraction of sp³-hybridized carbons (Fsp3) is 0.364. The maximum Gasteiger partial charge on any atom is 0.138 e. The summed E-state index contributed by atoms with van der Waals surface area (Å²) in [5.41, 5.74) is 0.127. The third kappa shape index (κ3) is 1.69. The minimum absolute atomic E-state index is 0.135. The van der Waals surface area contributed by atoms with Crippen molar-refractivity contribution in [2.24, 2.45) is 0 Å². The van der Waals surface area contributed by atoms with E-state index in [0.29, 0.717) is 5.75 Å². The van der Waals surface area contributed by atoms with Gasteiger partial charge in [0.25, 0.3) is 0 Å². The van der Waals surface area contributed by atoms with Crippen molar-refractivity contribution in [2.75, 3.05) is 0 Å². The first-order valence-corrected chi connectivity index (χ1v) is 4.52. The lowest BCUT2D eigenvalue weighted by Gasteiger charge is -2.13. The third-order valence-electron chi connectivity index (χ3n) is 2.37. The minimum Gasteiger partial charge on any atom is -0.486 e. The van der Waals surface area contributed by atoms with Gasteiger partial charge >= 0.3 is 0 Å². The molecule has 1 saturated carbocycles. The summed E-state index contributed by atoms with van der Waals surface area (Å²) >= 11 is 0. The lowest BCUT2D eigenvalue weighted by atomic mass is 10.2. The molecule has 0 N–H and O–H groups in total. The molecule has 0 atom stereocenters. The SMILES string of the molecule is CC1(Oc2ccc(F)cc2C#N)CC1. The van der Waals surface area contributed by atoms with Crippen LogP contribution >= 0.6 is 0 Å². The van der Waals surface area contributed by atoms with Crippen molar-refractivity contribution in [3.8, 4) is 11.8 Å². The first-order valence-electron chi connectivity index (χ1n) is 4.52. The van der Waals surface area contributed by atoms with E-state index in [1.807, 2.05) is 13.0 Å². The first kappa shape index (κ1) is 9.01. The molecule has 0 bridgehead atoms. The molecule has 1 fully saturated rings. The molecule has 14 heavy (non-hydrogen) atoms. The van der Waals surface area contributed by atoms with Gasteiger partial charge in [0.2, 0.25) is 0 Å². The molecule has 1 aromatic carbocycles. The quantitative estimate of drug-likeness (QED) is 0.719. The Morgan fingerprint density at radius 2 is 2.21 bits per heavy atom. The highest BCUT2D eigenvalue weighted by Gasteiger charge is 2.40. The van der Waals surface area contributed by atoms with Crippen molar-refractivity contribution in [2.45, 2.75) is 25.4 Å². The highest BCUT2D eigenvalue weighted by atomic mass is 19.1. The van der Waals surface area contributed by atoms with Crippen LogP contribution in [0.5, 0.6) is 5.75 Å². The molecule has 0 spiro atoms. The van der Waals surface area contributed by atoms with Crippen molar-refractivity contribution in [3.63, 3.8) is 0 Å². The Labute approximate surface area is 81.9 Å². The molecule has 3 heteroatoms. The zero-order valence-electron chi connectivity index (χ0n) is 7.88. The normalized spacial score (nSPS) is 17.2. The number of nitriles is 1.